The lowest BCUT2D eigenvalue weighted by atomic mass is 10.1. The van der Waals surface area contributed by atoms with E-state index in [1.807, 2.05) is 20.8 Å². The number of hydrogen-bond acceptors (Lipinski definition) is 4. The van der Waals surface area contributed by atoms with Crippen molar-refractivity contribution in [2.24, 2.45) is 5.73 Å². The van der Waals surface area contributed by atoms with Gasteiger partial charge in [0.25, 0.3) is 0 Å². The van der Waals surface area contributed by atoms with Gasteiger partial charge in [0, 0.05) is 0 Å². The zero-order valence-corrected chi connectivity index (χ0v) is 8.49. The summed E-state index contributed by atoms with van der Waals surface area (Å²) >= 11 is 0. The van der Waals surface area contributed by atoms with Gasteiger partial charge in [-0.3, -0.25) is 0 Å². The Morgan fingerprint density at radius 1 is 1.46 bits per heavy atom. The zero-order valence-electron chi connectivity index (χ0n) is 8.49. The van der Waals surface area contributed by atoms with E-state index in [2.05, 4.69) is 0 Å². The number of aliphatic hydroxyl groups excluding tert-OH is 1. The van der Waals surface area contributed by atoms with E-state index in [1.54, 1.807) is 0 Å². The Balaban J connectivity index is 2.63. The molecule has 1 heterocycles. The first-order chi connectivity index (χ1) is 6.00. The fourth-order valence-electron chi connectivity index (χ4n) is 1.65. The lowest BCUT2D eigenvalue weighted by Crippen LogP contribution is -2.43. The second-order valence-electron chi connectivity index (χ2n) is 3.89. The normalized spacial score (nSPS) is 34.8. The molecule has 1 rings (SSSR count). The second kappa shape index (κ2) is 3.92. The van der Waals surface area contributed by atoms with Gasteiger partial charge in [0.1, 0.15) is 6.10 Å². The zero-order chi connectivity index (χ0) is 10.1. The van der Waals surface area contributed by atoms with Gasteiger partial charge in [-0.2, -0.15) is 0 Å². The fourth-order valence-corrected chi connectivity index (χ4v) is 1.65. The summed E-state index contributed by atoms with van der Waals surface area (Å²) in [6.07, 6.45) is 0.657. The summed E-state index contributed by atoms with van der Waals surface area (Å²) in [5.74, 6) is -0.571. The average Bonchev–Trinajstić information content (AvgIpc) is 2.39. The molecule has 13 heavy (non-hydrogen) atoms. The standard InChI is InChI=1S/C9H19NO3/c1-4-7-8(6(10)5-11)13-9(2,3)12-7/h6-8,11H,4-5,10H2,1-3H3/t6-,7+,8-/m0/s1. The van der Waals surface area contributed by atoms with Gasteiger partial charge in [-0.1, -0.05) is 6.92 Å². The molecular weight excluding hydrogens is 170 g/mol. The summed E-state index contributed by atoms with van der Waals surface area (Å²) < 4.78 is 11.2. The maximum Gasteiger partial charge on any atom is 0.163 e. The largest absolute Gasteiger partial charge is 0.395 e. The van der Waals surface area contributed by atoms with Crippen molar-refractivity contribution >= 4 is 0 Å². The van der Waals surface area contributed by atoms with Crippen LogP contribution in [0.4, 0.5) is 0 Å². The predicted octanol–water partition coefficient (Wildman–Crippen LogP) is 0.236. The molecule has 0 aromatic heterocycles. The second-order valence-corrected chi connectivity index (χ2v) is 3.89. The van der Waals surface area contributed by atoms with E-state index in [4.69, 9.17) is 20.3 Å². The van der Waals surface area contributed by atoms with Gasteiger partial charge in [-0.25, -0.2) is 0 Å². The van der Waals surface area contributed by atoms with Crippen molar-refractivity contribution in [3.8, 4) is 0 Å². The Bertz CT molecular complexity index is 172. The highest BCUT2D eigenvalue weighted by Gasteiger charge is 2.42. The lowest BCUT2D eigenvalue weighted by Gasteiger charge is -2.20. The minimum absolute atomic E-state index is 0.00264. The summed E-state index contributed by atoms with van der Waals surface area (Å²) in [5, 5.41) is 8.92. The van der Waals surface area contributed by atoms with Crippen molar-refractivity contribution in [2.75, 3.05) is 6.61 Å². The van der Waals surface area contributed by atoms with E-state index in [1.165, 1.54) is 0 Å². The molecular formula is C9H19NO3. The molecule has 1 aliphatic heterocycles. The van der Waals surface area contributed by atoms with Crippen molar-refractivity contribution in [1.82, 2.24) is 0 Å². The third-order valence-electron chi connectivity index (χ3n) is 2.26. The maximum atomic E-state index is 8.92. The molecule has 0 saturated carbocycles. The molecule has 1 fully saturated rings. The first-order valence-corrected chi connectivity index (χ1v) is 4.72. The Hall–Kier alpha value is -0.160. The van der Waals surface area contributed by atoms with Crippen LogP contribution in [0.5, 0.6) is 0 Å². The van der Waals surface area contributed by atoms with Crippen LogP contribution in [-0.4, -0.2) is 35.8 Å². The van der Waals surface area contributed by atoms with E-state index in [-0.39, 0.29) is 24.9 Å². The Morgan fingerprint density at radius 2 is 2.08 bits per heavy atom. The first kappa shape index (κ1) is 10.9. The molecule has 1 aliphatic rings. The van der Waals surface area contributed by atoms with E-state index < -0.39 is 5.79 Å². The molecule has 4 nitrogen and oxygen atoms in total. The van der Waals surface area contributed by atoms with Crippen LogP contribution < -0.4 is 5.73 Å². The van der Waals surface area contributed by atoms with Gasteiger partial charge >= 0.3 is 0 Å². The van der Waals surface area contributed by atoms with Crippen LogP contribution in [0.1, 0.15) is 27.2 Å². The minimum atomic E-state index is -0.571. The van der Waals surface area contributed by atoms with Crippen LogP contribution in [-0.2, 0) is 9.47 Å². The summed E-state index contributed by atoms with van der Waals surface area (Å²) in [6.45, 7) is 5.67. The van der Waals surface area contributed by atoms with Crippen LogP contribution in [0.2, 0.25) is 0 Å². The smallest absolute Gasteiger partial charge is 0.163 e. The van der Waals surface area contributed by atoms with Gasteiger partial charge < -0.3 is 20.3 Å². The SMILES string of the molecule is CC[C@H]1OC(C)(C)O[C@H]1[C@@H](N)CO. The molecule has 4 heteroatoms. The molecule has 78 valence electrons. The third kappa shape index (κ3) is 2.40. The molecule has 0 bridgehead atoms. The highest BCUT2D eigenvalue weighted by atomic mass is 16.8. The highest BCUT2D eigenvalue weighted by Crippen LogP contribution is 2.30. The first-order valence-electron chi connectivity index (χ1n) is 4.72. The summed E-state index contributed by atoms with van der Waals surface area (Å²) in [6, 6.07) is -0.355. The van der Waals surface area contributed by atoms with Gasteiger partial charge in [0.15, 0.2) is 5.79 Å². The van der Waals surface area contributed by atoms with Crippen molar-refractivity contribution < 1.29 is 14.6 Å². The lowest BCUT2D eigenvalue weighted by molar-refractivity contribution is -0.148. The van der Waals surface area contributed by atoms with E-state index >= 15 is 0 Å². The minimum Gasteiger partial charge on any atom is -0.395 e. The van der Waals surface area contributed by atoms with Crippen LogP contribution in [0, 0.1) is 0 Å². The quantitative estimate of drug-likeness (QED) is 0.667. The average molecular weight is 189 g/mol. The number of hydrogen-bond donors (Lipinski definition) is 2. The molecule has 1 saturated heterocycles. The molecule has 0 radical (unpaired) electrons. The van der Waals surface area contributed by atoms with E-state index in [0.29, 0.717) is 0 Å². The summed E-state index contributed by atoms with van der Waals surface area (Å²) in [7, 11) is 0. The molecule has 0 spiro atoms. The number of nitrogens with two attached hydrogens (primary N) is 1. The topological polar surface area (TPSA) is 64.7 Å². The molecule has 0 aromatic rings. The molecule has 3 N–H and O–H groups in total. The van der Waals surface area contributed by atoms with Gasteiger partial charge in [-0.05, 0) is 20.3 Å². The van der Waals surface area contributed by atoms with Crippen LogP contribution in [0.15, 0.2) is 0 Å². The number of aliphatic hydroxyl groups is 1. The Morgan fingerprint density at radius 3 is 2.54 bits per heavy atom. The molecule has 3 atom stereocenters. The van der Waals surface area contributed by atoms with Crippen molar-refractivity contribution in [3.05, 3.63) is 0 Å². The maximum absolute atomic E-state index is 8.92. The van der Waals surface area contributed by atoms with Crippen molar-refractivity contribution in [1.29, 1.82) is 0 Å². The van der Waals surface area contributed by atoms with E-state index in [9.17, 15) is 0 Å². The number of rotatable bonds is 3. The highest BCUT2D eigenvalue weighted by molar-refractivity contribution is 4.87. The van der Waals surface area contributed by atoms with Crippen LogP contribution in [0.3, 0.4) is 0 Å². The molecule has 0 unspecified atom stereocenters. The Kier molecular flexibility index (Phi) is 3.29. The summed E-state index contributed by atoms with van der Waals surface area (Å²) in [4.78, 5) is 0. The van der Waals surface area contributed by atoms with Crippen LogP contribution in [0.25, 0.3) is 0 Å². The molecule has 0 aliphatic carbocycles. The van der Waals surface area contributed by atoms with Crippen molar-refractivity contribution in [2.45, 2.75) is 51.2 Å². The Labute approximate surface area is 79.0 Å². The van der Waals surface area contributed by atoms with Gasteiger partial charge in [-0.15, -0.1) is 0 Å². The predicted molar refractivity (Wildman–Crippen MR) is 49.2 cm³/mol. The van der Waals surface area contributed by atoms with E-state index in [0.717, 1.165) is 6.42 Å². The molecule has 0 aromatic carbocycles. The number of ether oxygens (including phenoxy) is 2. The fraction of sp³-hybridized carbons (Fsp3) is 1.00. The molecule has 0 amide bonds. The monoisotopic (exact) mass is 189 g/mol. The van der Waals surface area contributed by atoms with Gasteiger partial charge in [0.2, 0.25) is 0 Å². The summed E-state index contributed by atoms with van der Waals surface area (Å²) in [5.41, 5.74) is 5.71. The van der Waals surface area contributed by atoms with Gasteiger partial charge in [0.05, 0.1) is 18.8 Å². The van der Waals surface area contributed by atoms with Crippen LogP contribution >= 0.6 is 0 Å². The third-order valence-corrected chi connectivity index (χ3v) is 2.26. The van der Waals surface area contributed by atoms with Crippen molar-refractivity contribution in [3.63, 3.8) is 0 Å².